The Morgan fingerprint density at radius 2 is 2.25 bits per heavy atom. The molecule has 106 valence electrons. The van der Waals surface area contributed by atoms with Crippen molar-refractivity contribution >= 4 is 28.9 Å². The van der Waals surface area contributed by atoms with Gasteiger partial charge in [0.1, 0.15) is 17.9 Å². The molecule has 0 amide bonds. The number of rotatable bonds is 5. The molecule has 6 heteroatoms. The lowest BCUT2D eigenvalue weighted by molar-refractivity contribution is 0.0691. The maximum absolute atomic E-state index is 11.1. The van der Waals surface area contributed by atoms with Crippen LogP contribution >= 0.6 is 22.9 Å². The van der Waals surface area contributed by atoms with Gasteiger partial charge in [0.15, 0.2) is 0 Å². The molecule has 2 aromatic rings. The zero-order chi connectivity index (χ0) is 14.7. The first kappa shape index (κ1) is 14.8. The summed E-state index contributed by atoms with van der Waals surface area (Å²) in [6, 6.07) is 4.53. The molecule has 0 spiro atoms. The molecule has 0 fully saturated rings. The maximum atomic E-state index is 11.1. The van der Waals surface area contributed by atoms with Crippen LogP contribution in [0, 0.1) is 0 Å². The van der Waals surface area contributed by atoms with Gasteiger partial charge in [-0.2, -0.15) is 0 Å². The van der Waals surface area contributed by atoms with Crippen LogP contribution in [0.5, 0.6) is 5.75 Å². The summed E-state index contributed by atoms with van der Waals surface area (Å²) in [6.07, 6.45) is 0. The fraction of sp³-hybridized carbons (Fsp3) is 0.286. The van der Waals surface area contributed by atoms with Gasteiger partial charge in [0, 0.05) is 16.3 Å². The minimum absolute atomic E-state index is 0.0526. The van der Waals surface area contributed by atoms with E-state index in [0.29, 0.717) is 16.7 Å². The number of hydrogen-bond donors (Lipinski definition) is 1. The highest BCUT2D eigenvalue weighted by atomic mass is 35.5. The number of aromatic nitrogens is 1. The standard InChI is InChI=1S/C14H14ClNO3S/c1-8(2)13-16-10(7-20-13)6-19-12-4-3-9(15)5-11(12)14(17)18/h3-5,7-8H,6H2,1-2H3,(H,17,18). The molecule has 1 aromatic heterocycles. The quantitative estimate of drug-likeness (QED) is 0.899. The summed E-state index contributed by atoms with van der Waals surface area (Å²) in [5.74, 6) is -0.400. The summed E-state index contributed by atoms with van der Waals surface area (Å²) in [7, 11) is 0. The smallest absolute Gasteiger partial charge is 0.339 e. The topological polar surface area (TPSA) is 59.4 Å². The molecule has 0 aliphatic heterocycles. The summed E-state index contributed by atoms with van der Waals surface area (Å²) in [6.45, 7) is 4.39. The Bertz CT molecular complexity index is 625. The molecule has 1 N–H and O–H groups in total. The first-order chi connectivity index (χ1) is 9.47. The van der Waals surface area contributed by atoms with Crippen LogP contribution in [0.2, 0.25) is 5.02 Å². The van der Waals surface area contributed by atoms with Gasteiger partial charge in [-0.1, -0.05) is 25.4 Å². The van der Waals surface area contributed by atoms with E-state index in [0.717, 1.165) is 10.7 Å². The van der Waals surface area contributed by atoms with E-state index >= 15 is 0 Å². The van der Waals surface area contributed by atoms with E-state index in [2.05, 4.69) is 18.8 Å². The van der Waals surface area contributed by atoms with Crippen LogP contribution in [-0.4, -0.2) is 16.1 Å². The third-order valence-corrected chi connectivity index (χ3v) is 4.04. The molecule has 0 bridgehead atoms. The first-order valence-electron chi connectivity index (χ1n) is 6.07. The largest absolute Gasteiger partial charge is 0.486 e. The van der Waals surface area contributed by atoms with Crippen molar-refractivity contribution in [3.8, 4) is 5.75 Å². The Labute approximate surface area is 126 Å². The van der Waals surface area contributed by atoms with Gasteiger partial charge in [-0.3, -0.25) is 0 Å². The molecule has 1 aromatic carbocycles. The highest BCUT2D eigenvalue weighted by Crippen LogP contribution is 2.25. The second-order valence-electron chi connectivity index (χ2n) is 4.57. The highest BCUT2D eigenvalue weighted by Gasteiger charge is 2.13. The molecule has 0 saturated carbocycles. The molecule has 1 heterocycles. The predicted octanol–water partition coefficient (Wildman–Crippen LogP) is 4.20. The lowest BCUT2D eigenvalue weighted by Gasteiger charge is -2.08. The molecule has 0 atom stereocenters. The fourth-order valence-electron chi connectivity index (χ4n) is 1.60. The molecule has 0 aliphatic rings. The molecule has 20 heavy (non-hydrogen) atoms. The van der Waals surface area contributed by atoms with Gasteiger partial charge < -0.3 is 9.84 Å². The van der Waals surface area contributed by atoms with Crippen LogP contribution in [0.25, 0.3) is 0 Å². The number of thiazole rings is 1. The van der Waals surface area contributed by atoms with E-state index in [4.69, 9.17) is 21.4 Å². The Morgan fingerprint density at radius 3 is 2.85 bits per heavy atom. The fourth-order valence-corrected chi connectivity index (χ4v) is 2.59. The van der Waals surface area contributed by atoms with Crippen LogP contribution in [0.1, 0.15) is 40.8 Å². The Hall–Kier alpha value is -1.59. The number of carboxylic acids is 1. The predicted molar refractivity (Wildman–Crippen MR) is 78.9 cm³/mol. The van der Waals surface area contributed by atoms with Crippen LogP contribution in [0.4, 0.5) is 0 Å². The molecule has 4 nitrogen and oxygen atoms in total. The number of halogens is 1. The minimum atomic E-state index is -1.07. The van der Waals surface area contributed by atoms with Crippen molar-refractivity contribution in [2.45, 2.75) is 26.4 Å². The second-order valence-corrected chi connectivity index (χ2v) is 5.89. The van der Waals surface area contributed by atoms with Crippen molar-refractivity contribution in [1.29, 1.82) is 0 Å². The summed E-state index contributed by atoms with van der Waals surface area (Å²) in [5, 5.41) is 12.4. The number of nitrogens with zero attached hydrogens (tertiary/aromatic N) is 1. The molecule has 0 saturated heterocycles. The van der Waals surface area contributed by atoms with Crippen molar-refractivity contribution in [2.24, 2.45) is 0 Å². The molecular formula is C14H14ClNO3S. The van der Waals surface area contributed by atoms with E-state index < -0.39 is 5.97 Å². The van der Waals surface area contributed by atoms with Crippen LogP contribution in [-0.2, 0) is 6.61 Å². The van der Waals surface area contributed by atoms with Gasteiger partial charge in [-0.15, -0.1) is 11.3 Å². The van der Waals surface area contributed by atoms with E-state index in [1.54, 1.807) is 23.5 Å². The molecule has 0 aliphatic carbocycles. The maximum Gasteiger partial charge on any atom is 0.339 e. The van der Waals surface area contributed by atoms with E-state index in [-0.39, 0.29) is 12.2 Å². The zero-order valence-electron chi connectivity index (χ0n) is 11.1. The molecule has 0 radical (unpaired) electrons. The lowest BCUT2D eigenvalue weighted by Crippen LogP contribution is -2.03. The number of aromatic carboxylic acids is 1. The Morgan fingerprint density at radius 1 is 1.50 bits per heavy atom. The summed E-state index contributed by atoms with van der Waals surface area (Å²) in [4.78, 5) is 15.6. The van der Waals surface area contributed by atoms with Gasteiger partial charge >= 0.3 is 5.97 Å². The normalized spacial score (nSPS) is 10.8. The van der Waals surface area contributed by atoms with Crippen molar-refractivity contribution in [3.63, 3.8) is 0 Å². The Balaban J connectivity index is 2.12. The average Bonchev–Trinajstić information content (AvgIpc) is 2.86. The van der Waals surface area contributed by atoms with E-state index in [1.165, 1.54) is 6.07 Å². The average molecular weight is 312 g/mol. The second kappa shape index (κ2) is 6.24. The molecule has 2 rings (SSSR count). The van der Waals surface area contributed by atoms with Crippen molar-refractivity contribution < 1.29 is 14.6 Å². The van der Waals surface area contributed by atoms with Gasteiger partial charge in [-0.05, 0) is 18.2 Å². The summed E-state index contributed by atoms with van der Waals surface area (Å²) >= 11 is 7.36. The molecule has 0 unspecified atom stereocenters. The van der Waals surface area contributed by atoms with Gasteiger partial charge in [0.05, 0.1) is 10.7 Å². The minimum Gasteiger partial charge on any atom is -0.486 e. The van der Waals surface area contributed by atoms with Crippen LogP contribution in [0.3, 0.4) is 0 Å². The van der Waals surface area contributed by atoms with Crippen LogP contribution in [0.15, 0.2) is 23.6 Å². The van der Waals surface area contributed by atoms with Crippen molar-refractivity contribution in [1.82, 2.24) is 4.98 Å². The van der Waals surface area contributed by atoms with Gasteiger partial charge in [-0.25, -0.2) is 9.78 Å². The molecular weight excluding hydrogens is 298 g/mol. The van der Waals surface area contributed by atoms with E-state index in [1.807, 2.05) is 5.38 Å². The first-order valence-corrected chi connectivity index (χ1v) is 7.33. The Kier molecular flexibility index (Phi) is 4.62. The van der Waals surface area contributed by atoms with Crippen LogP contribution < -0.4 is 4.74 Å². The van der Waals surface area contributed by atoms with Crippen molar-refractivity contribution in [3.05, 3.63) is 44.9 Å². The lowest BCUT2D eigenvalue weighted by atomic mass is 10.2. The SMILES string of the molecule is CC(C)c1nc(COc2ccc(Cl)cc2C(=O)O)cs1. The summed E-state index contributed by atoms with van der Waals surface area (Å²) in [5.41, 5.74) is 0.849. The van der Waals surface area contributed by atoms with E-state index in [9.17, 15) is 4.79 Å². The third kappa shape index (κ3) is 3.49. The monoisotopic (exact) mass is 311 g/mol. The zero-order valence-corrected chi connectivity index (χ0v) is 12.7. The van der Waals surface area contributed by atoms with Crippen molar-refractivity contribution in [2.75, 3.05) is 0 Å². The number of carbonyl (C=O) groups is 1. The van der Waals surface area contributed by atoms with Gasteiger partial charge in [0.25, 0.3) is 0 Å². The number of hydrogen-bond acceptors (Lipinski definition) is 4. The number of benzene rings is 1. The highest BCUT2D eigenvalue weighted by molar-refractivity contribution is 7.09. The summed E-state index contributed by atoms with van der Waals surface area (Å²) < 4.78 is 5.54. The van der Waals surface area contributed by atoms with Gasteiger partial charge in [0.2, 0.25) is 0 Å². The number of carboxylic acid groups (broad SMARTS) is 1. The third-order valence-electron chi connectivity index (χ3n) is 2.61. The number of ether oxygens (including phenoxy) is 1.